The highest BCUT2D eigenvalue weighted by Crippen LogP contribution is 2.21. The van der Waals surface area contributed by atoms with Crippen LogP contribution in [0.25, 0.3) is 10.9 Å². The van der Waals surface area contributed by atoms with Gasteiger partial charge in [0.05, 0.1) is 16.7 Å². The summed E-state index contributed by atoms with van der Waals surface area (Å²) in [6, 6.07) is 25.1. The average molecular weight is 556 g/mol. The fourth-order valence-electron chi connectivity index (χ4n) is 4.94. The van der Waals surface area contributed by atoms with Crippen LogP contribution >= 0.6 is 11.8 Å². The van der Waals surface area contributed by atoms with Crippen LogP contribution in [0, 0.1) is 0 Å². The van der Waals surface area contributed by atoms with Crippen molar-refractivity contribution in [2.45, 2.75) is 31.5 Å². The topological polar surface area (TPSA) is 87.5 Å². The predicted octanol–water partition coefficient (Wildman–Crippen LogP) is 4.43. The van der Waals surface area contributed by atoms with Crippen LogP contribution in [0.2, 0.25) is 0 Å². The zero-order valence-electron chi connectivity index (χ0n) is 22.6. The van der Waals surface area contributed by atoms with Crippen molar-refractivity contribution in [1.82, 2.24) is 14.5 Å². The Kier molecular flexibility index (Phi) is 8.81. The number of amides is 2. The summed E-state index contributed by atoms with van der Waals surface area (Å²) < 4.78 is 1.54. The van der Waals surface area contributed by atoms with Gasteiger partial charge < -0.3 is 15.1 Å². The standard InChI is InChI=1S/C31H33N5O3S/c1-2-23-10-6-8-14-26(23)32-28(37)22-40-31-33-27-15-9-7-13-25(27)30(39)36(31)17-16-29(38)35-20-18-34(19-21-35)24-11-4-3-5-12-24/h3-15H,2,16-22H2,1H3,(H,32,37). The molecule has 0 saturated carbocycles. The lowest BCUT2D eigenvalue weighted by atomic mass is 10.1. The van der Waals surface area contributed by atoms with Crippen LogP contribution in [-0.4, -0.2) is 58.2 Å². The van der Waals surface area contributed by atoms with Crippen LogP contribution in [0.1, 0.15) is 18.9 Å². The maximum atomic E-state index is 13.4. The molecule has 5 rings (SSSR count). The smallest absolute Gasteiger partial charge is 0.262 e. The van der Waals surface area contributed by atoms with Gasteiger partial charge in [-0.05, 0) is 42.3 Å². The first-order valence-corrected chi connectivity index (χ1v) is 14.6. The number of para-hydroxylation sites is 3. The largest absolute Gasteiger partial charge is 0.368 e. The molecule has 40 heavy (non-hydrogen) atoms. The molecule has 1 aliphatic heterocycles. The summed E-state index contributed by atoms with van der Waals surface area (Å²) in [6.45, 7) is 5.06. The third-order valence-electron chi connectivity index (χ3n) is 7.13. The van der Waals surface area contributed by atoms with E-state index < -0.39 is 0 Å². The summed E-state index contributed by atoms with van der Waals surface area (Å²) in [5.74, 6) is -0.0667. The van der Waals surface area contributed by atoms with Crippen molar-refractivity contribution < 1.29 is 9.59 Å². The number of nitrogens with one attached hydrogen (secondary N) is 1. The highest BCUT2D eigenvalue weighted by atomic mass is 32.2. The molecule has 2 amide bonds. The molecule has 0 unspecified atom stereocenters. The molecule has 0 spiro atoms. The SMILES string of the molecule is CCc1ccccc1NC(=O)CSc1nc2ccccc2c(=O)n1CCC(=O)N1CCN(c2ccccc2)CC1. The molecule has 3 aromatic carbocycles. The molecule has 2 heterocycles. The molecular weight excluding hydrogens is 522 g/mol. The van der Waals surface area contributed by atoms with Gasteiger partial charge in [0.25, 0.3) is 5.56 Å². The molecule has 206 valence electrons. The third-order valence-corrected chi connectivity index (χ3v) is 8.11. The van der Waals surface area contributed by atoms with Crippen molar-refractivity contribution in [2.75, 3.05) is 42.1 Å². The Hall–Kier alpha value is -4.11. The second kappa shape index (κ2) is 12.8. The summed E-state index contributed by atoms with van der Waals surface area (Å²) in [5.41, 5.74) is 3.38. The van der Waals surface area contributed by atoms with Gasteiger partial charge in [0.1, 0.15) is 0 Å². The number of rotatable bonds is 9. The minimum absolute atomic E-state index is 0.0117. The Morgan fingerprint density at radius 3 is 2.38 bits per heavy atom. The summed E-state index contributed by atoms with van der Waals surface area (Å²) in [5, 5.41) is 3.90. The van der Waals surface area contributed by atoms with Gasteiger partial charge in [0.15, 0.2) is 5.16 Å². The summed E-state index contributed by atoms with van der Waals surface area (Å²) in [4.78, 5) is 48.2. The zero-order valence-corrected chi connectivity index (χ0v) is 23.4. The second-order valence-electron chi connectivity index (χ2n) is 9.67. The third kappa shape index (κ3) is 6.37. The average Bonchev–Trinajstić information content (AvgIpc) is 3.00. The number of thioether (sulfide) groups is 1. The van der Waals surface area contributed by atoms with Gasteiger partial charge in [-0.2, -0.15) is 0 Å². The molecule has 1 aliphatic rings. The molecule has 0 bridgehead atoms. The Labute approximate surface area is 238 Å². The van der Waals surface area contributed by atoms with Gasteiger partial charge >= 0.3 is 0 Å². The Morgan fingerprint density at radius 2 is 1.60 bits per heavy atom. The summed E-state index contributed by atoms with van der Waals surface area (Å²) in [6.07, 6.45) is 1.000. The van der Waals surface area contributed by atoms with Crippen LogP contribution in [0.4, 0.5) is 11.4 Å². The molecule has 0 aliphatic carbocycles. The van der Waals surface area contributed by atoms with Crippen LogP contribution < -0.4 is 15.8 Å². The maximum absolute atomic E-state index is 13.4. The molecular formula is C31H33N5O3S. The van der Waals surface area contributed by atoms with E-state index in [9.17, 15) is 14.4 Å². The Morgan fingerprint density at radius 1 is 0.900 bits per heavy atom. The van der Waals surface area contributed by atoms with E-state index in [0.29, 0.717) is 29.1 Å². The van der Waals surface area contributed by atoms with Crippen LogP contribution in [0.15, 0.2) is 88.8 Å². The van der Waals surface area contributed by atoms with Crippen molar-refractivity contribution in [3.05, 3.63) is 94.8 Å². The quantitative estimate of drug-likeness (QED) is 0.243. The first-order valence-electron chi connectivity index (χ1n) is 13.6. The first-order chi connectivity index (χ1) is 19.5. The van der Waals surface area contributed by atoms with Gasteiger partial charge in [-0.3, -0.25) is 19.0 Å². The van der Waals surface area contributed by atoms with E-state index in [-0.39, 0.29) is 36.1 Å². The minimum Gasteiger partial charge on any atom is -0.368 e. The number of benzene rings is 3. The zero-order chi connectivity index (χ0) is 27.9. The van der Waals surface area contributed by atoms with Gasteiger partial charge in [-0.1, -0.05) is 67.2 Å². The molecule has 8 nitrogen and oxygen atoms in total. The minimum atomic E-state index is -0.202. The van der Waals surface area contributed by atoms with E-state index >= 15 is 0 Å². The molecule has 9 heteroatoms. The number of carbonyl (C=O) groups excluding carboxylic acids is 2. The maximum Gasteiger partial charge on any atom is 0.262 e. The lowest BCUT2D eigenvalue weighted by Gasteiger charge is -2.36. The van der Waals surface area contributed by atoms with Crippen molar-refractivity contribution >= 4 is 45.9 Å². The number of nitrogens with zero attached hydrogens (tertiary/aromatic N) is 4. The van der Waals surface area contributed by atoms with Gasteiger partial charge in [-0.25, -0.2) is 4.98 Å². The van der Waals surface area contributed by atoms with Gasteiger partial charge in [-0.15, -0.1) is 0 Å². The predicted molar refractivity (Wildman–Crippen MR) is 161 cm³/mol. The first kappa shape index (κ1) is 27.5. The lowest BCUT2D eigenvalue weighted by molar-refractivity contribution is -0.131. The second-order valence-corrected chi connectivity index (χ2v) is 10.6. The highest BCUT2D eigenvalue weighted by Gasteiger charge is 2.22. The van der Waals surface area contributed by atoms with Crippen molar-refractivity contribution in [3.63, 3.8) is 0 Å². The molecule has 1 aromatic heterocycles. The van der Waals surface area contributed by atoms with Crippen molar-refractivity contribution in [3.8, 4) is 0 Å². The van der Waals surface area contributed by atoms with E-state index in [1.807, 2.05) is 60.4 Å². The number of hydrogen-bond acceptors (Lipinski definition) is 6. The monoisotopic (exact) mass is 555 g/mol. The fourth-order valence-corrected chi connectivity index (χ4v) is 5.77. The van der Waals surface area contributed by atoms with E-state index in [0.717, 1.165) is 36.4 Å². The van der Waals surface area contributed by atoms with E-state index in [1.54, 1.807) is 22.8 Å². The number of fused-ring (bicyclic) bond motifs is 1. The van der Waals surface area contributed by atoms with Gasteiger partial charge in [0.2, 0.25) is 11.8 Å². The number of aromatic nitrogens is 2. The number of hydrogen-bond donors (Lipinski definition) is 1. The number of aryl methyl sites for hydroxylation is 1. The van der Waals surface area contributed by atoms with E-state index in [4.69, 9.17) is 4.98 Å². The van der Waals surface area contributed by atoms with E-state index in [1.165, 1.54) is 11.8 Å². The molecule has 0 radical (unpaired) electrons. The summed E-state index contributed by atoms with van der Waals surface area (Å²) >= 11 is 1.21. The van der Waals surface area contributed by atoms with Crippen LogP contribution in [0.5, 0.6) is 0 Å². The molecule has 4 aromatic rings. The normalized spacial score (nSPS) is 13.4. The Balaban J connectivity index is 1.26. The van der Waals surface area contributed by atoms with Gasteiger partial charge in [0, 0.05) is 50.5 Å². The van der Waals surface area contributed by atoms with E-state index in [2.05, 4.69) is 22.3 Å². The molecule has 1 fully saturated rings. The van der Waals surface area contributed by atoms with Crippen molar-refractivity contribution in [2.24, 2.45) is 0 Å². The highest BCUT2D eigenvalue weighted by molar-refractivity contribution is 7.99. The fraction of sp³-hybridized carbons (Fsp3) is 0.290. The number of anilines is 2. The Bertz CT molecular complexity index is 1550. The summed E-state index contributed by atoms with van der Waals surface area (Å²) in [7, 11) is 0. The molecule has 1 saturated heterocycles. The molecule has 0 atom stereocenters. The van der Waals surface area contributed by atoms with Crippen LogP contribution in [0.3, 0.4) is 0 Å². The number of carbonyl (C=O) groups is 2. The van der Waals surface area contributed by atoms with Crippen molar-refractivity contribution in [1.29, 1.82) is 0 Å². The molecule has 1 N–H and O–H groups in total. The van der Waals surface area contributed by atoms with Crippen LogP contribution in [-0.2, 0) is 22.6 Å². The number of piperazine rings is 1. The lowest BCUT2D eigenvalue weighted by Crippen LogP contribution is -2.49.